The molecule has 0 spiro atoms. The van der Waals surface area contributed by atoms with Gasteiger partial charge in [-0.05, 0) is 26.7 Å². The van der Waals surface area contributed by atoms with Gasteiger partial charge in [-0.25, -0.2) is 13.6 Å². The van der Waals surface area contributed by atoms with Gasteiger partial charge in [0.15, 0.2) is 0 Å². The zero-order valence-corrected chi connectivity index (χ0v) is 12.3. The summed E-state index contributed by atoms with van der Waals surface area (Å²) in [6.45, 7) is 7.09. The summed E-state index contributed by atoms with van der Waals surface area (Å²) >= 11 is 0. The Bertz CT molecular complexity index is 342. The normalized spacial score (nSPS) is 27.6. The number of rotatable bonds is 2. The lowest BCUT2D eigenvalue weighted by molar-refractivity contribution is -0.0831. The van der Waals surface area contributed by atoms with E-state index < -0.39 is 18.1 Å². The first kappa shape index (κ1) is 15.5. The highest BCUT2D eigenvalue weighted by atomic mass is 19.3. The van der Waals surface area contributed by atoms with Crippen LogP contribution in [-0.2, 0) is 4.74 Å². The van der Waals surface area contributed by atoms with Crippen molar-refractivity contribution in [2.75, 3.05) is 26.2 Å². The van der Waals surface area contributed by atoms with Crippen LogP contribution < -0.4 is 0 Å². The summed E-state index contributed by atoms with van der Waals surface area (Å²) in [5, 5.41) is 0. The fourth-order valence-corrected chi connectivity index (χ4v) is 2.86. The smallest absolute Gasteiger partial charge is 0.410 e. The van der Waals surface area contributed by atoms with Crippen molar-refractivity contribution in [3.63, 3.8) is 0 Å². The number of alkyl halides is 2. The van der Waals surface area contributed by atoms with E-state index in [-0.39, 0.29) is 12.8 Å². The molecule has 1 atom stereocenters. The first-order valence-electron chi connectivity index (χ1n) is 7.45. The molecular formula is C14H24F2N2O2. The van der Waals surface area contributed by atoms with E-state index in [1.165, 1.54) is 0 Å². The molecule has 2 fully saturated rings. The van der Waals surface area contributed by atoms with Gasteiger partial charge in [0, 0.05) is 45.1 Å². The summed E-state index contributed by atoms with van der Waals surface area (Å²) in [6, 6.07) is 0.463. The topological polar surface area (TPSA) is 32.8 Å². The standard InChI is InChI=1S/C14H24F2N2O2/c1-11(2)17-6-8-18(9-7-17)13(19)20-12-4-3-5-14(15,16)10-12/h11-12H,3-10H2,1-2H3/t12-/m0/s1. The molecule has 2 rings (SSSR count). The molecule has 0 bridgehead atoms. The molecule has 1 saturated heterocycles. The van der Waals surface area contributed by atoms with Crippen molar-refractivity contribution in [1.82, 2.24) is 9.80 Å². The number of hydrogen-bond donors (Lipinski definition) is 0. The Morgan fingerprint density at radius 3 is 2.45 bits per heavy atom. The van der Waals surface area contributed by atoms with Gasteiger partial charge in [0.2, 0.25) is 0 Å². The van der Waals surface area contributed by atoms with Crippen molar-refractivity contribution in [3.8, 4) is 0 Å². The average Bonchev–Trinajstić information content (AvgIpc) is 2.37. The Balaban J connectivity index is 1.78. The van der Waals surface area contributed by atoms with Gasteiger partial charge >= 0.3 is 6.09 Å². The van der Waals surface area contributed by atoms with Crippen LogP contribution in [0.2, 0.25) is 0 Å². The number of nitrogens with zero attached hydrogens (tertiary/aromatic N) is 2. The molecule has 1 saturated carbocycles. The minimum absolute atomic E-state index is 0.0892. The van der Waals surface area contributed by atoms with Gasteiger partial charge in [-0.3, -0.25) is 4.90 Å². The summed E-state index contributed by atoms with van der Waals surface area (Å²) < 4.78 is 31.8. The highest BCUT2D eigenvalue weighted by Gasteiger charge is 2.38. The molecule has 0 aromatic rings. The van der Waals surface area contributed by atoms with Crippen molar-refractivity contribution in [3.05, 3.63) is 0 Å². The largest absolute Gasteiger partial charge is 0.446 e. The number of amides is 1. The molecule has 4 nitrogen and oxygen atoms in total. The fraction of sp³-hybridized carbons (Fsp3) is 0.929. The van der Waals surface area contributed by atoms with Crippen LogP contribution in [0, 0.1) is 0 Å². The maximum absolute atomic E-state index is 13.3. The van der Waals surface area contributed by atoms with Crippen LogP contribution in [0.15, 0.2) is 0 Å². The van der Waals surface area contributed by atoms with Gasteiger partial charge in [-0.2, -0.15) is 0 Å². The van der Waals surface area contributed by atoms with Crippen LogP contribution in [-0.4, -0.2) is 60.1 Å². The summed E-state index contributed by atoms with van der Waals surface area (Å²) in [5.74, 6) is -2.68. The molecule has 0 radical (unpaired) electrons. The molecule has 1 amide bonds. The maximum Gasteiger partial charge on any atom is 0.410 e. The molecule has 1 aliphatic heterocycles. The molecular weight excluding hydrogens is 266 g/mol. The molecule has 0 aromatic carbocycles. The summed E-state index contributed by atoms with van der Waals surface area (Å²) in [6.07, 6.45) is -0.511. The van der Waals surface area contributed by atoms with Crippen molar-refractivity contribution in [2.45, 2.75) is 57.6 Å². The predicted molar refractivity (Wildman–Crippen MR) is 72.0 cm³/mol. The second kappa shape index (κ2) is 6.24. The first-order valence-corrected chi connectivity index (χ1v) is 7.45. The Kier molecular flexibility index (Phi) is 4.83. The zero-order valence-electron chi connectivity index (χ0n) is 12.3. The molecule has 1 aliphatic carbocycles. The lowest BCUT2D eigenvalue weighted by Crippen LogP contribution is -2.51. The van der Waals surface area contributed by atoms with Crippen LogP contribution in [0.3, 0.4) is 0 Å². The molecule has 0 unspecified atom stereocenters. The van der Waals surface area contributed by atoms with Crippen LogP contribution in [0.5, 0.6) is 0 Å². The molecule has 0 N–H and O–H groups in total. The van der Waals surface area contributed by atoms with E-state index >= 15 is 0 Å². The monoisotopic (exact) mass is 290 g/mol. The van der Waals surface area contributed by atoms with E-state index in [0.717, 1.165) is 13.1 Å². The number of ether oxygens (including phenoxy) is 1. The number of piperazine rings is 1. The highest BCUT2D eigenvalue weighted by molar-refractivity contribution is 5.68. The molecule has 2 aliphatic rings. The van der Waals surface area contributed by atoms with E-state index in [1.807, 2.05) is 0 Å². The lowest BCUT2D eigenvalue weighted by atomic mass is 9.94. The van der Waals surface area contributed by atoms with Crippen molar-refractivity contribution < 1.29 is 18.3 Å². The van der Waals surface area contributed by atoms with Gasteiger partial charge in [0.25, 0.3) is 5.92 Å². The van der Waals surface area contributed by atoms with E-state index in [1.54, 1.807) is 4.90 Å². The number of halogens is 2. The molecule has 116 valence electrons. The maximum atomic E-state index is 13.3. The van der Waals surface area contributed by atoms with E-state index in [9.17, 15) is 13.6 Å². The summed E-state index contributed by atoms with van der Waals surface area (Å²) in [5.41, 5.74) is 0. The minimum Gasteiger partial charge on any atom is -0.446 e. The molecule has 20 heavy (non-hydrogen) atoms. The van der Waals surface area contributed by atoms with Crippen molar-refractivity contribution in [1.29, 1.82) is 0 Å². The zero-order chi connectivity index (χ0) is 14.8. The number of carbonyl (C=O) groups excluding carboxylic acids is 1. The summed E-state index contributed by atoms with van der Waals surface area (Å²) in [7, 11) is 0. The minimum atomic E-state index is -2.68. The third-order valence-electron chi connectivity index (χ3n) is 4.17. The Labute approximate surface area is 119 Å². The van der Waals surface area contributed by atoms with E-state index in [2.05, 4.69) is 18.7 Å². The Morgan fingerprint density at radius 2 is 1.90 bits per heavy atom. The number of hydrogen-bond acceptors (Lipinski definition) is 3. The van der Waals surface area contributed by atoms with E-state index in [0.29, 0.717) is 32.0 Å². The molecule has 6 heteroatoms. The van der Waals surface area contributed by atoms with Gasteiger partial charge in [0.05, 0.1) is 0 Å². The predicted octanol–water partition coefficient (Wildman–Crippen LogP) is 2.73. The second-order valence-corrected chi connectivity index (χ2v) is 6.07. The molecule has 1 heterocycles. The quantitative estimate of drug-likeness (QED) is 0.784. The third-order valence-corrected chi connectivity index (χ3v) is 4.17. The third kappa shape index (κ3) is 4.04. The van der Waals surface area contributed by atoms with E-state index in [4.69, 9.17) is 4.74 Å². The van der Waals surface area contributed by atoms with Gasteiger partial charge in [-0.15, -0.1) is 0 Å². The van der Waals surface area contributed by atoms with Crippen molar-refractivity contribution >= 4 is 6.09 Å². The lowest BCUT2D eigenvalue weighted by Gasteiger charge is -2.37. The van der Waals surface area contributed by atoms with Crippen LogP contribution in [0.25, 0.3) is 0 Å². The van der Waals surface area contributed by atoms with Gasteiger partial charge in [0.1, 0.15) is 6.10 Å². The average molecular weight is 290 g/mol. The molecule has 0 aromatic heterocycles. The highest BCUT2D eigenvalue weighted by Crippen LogP contribution is 2.34. The number of carbonyl (C=O) groups is 1. The SMILES string of the molecule is CC(C)N1CCN(C(=O)O[C@H]2CCCC(F)(F)C2)CC1. The second-order valence-electron chi connectivity index (χ2n) is 6.07. The van der Waals surface area contributed by atoms with Crippen LogP contribution in [0.4, 0.5) is 13.6 Å². The van der Waals surface area contributed by atoms with Crippen LogP contribution in [0.1, 0.15) is 39.5 Å². The Morgan fingerprint density at radius 1 is 1.25 bits per heavy atom. The van der Waals surface area contributed by atoms with Gasteiger partial charge < -0.3 is 9.64 Å². The first-order chi connectivity index (χ1) is 9.37. The van der Waals surface area contributed by atoms with Gasteiger partial charge in [-0.1, -0.05) is 0 Å². The van der Waals surface area contributed by atoms with Crippen LogP contribution >= 0.6 is 0 Å². The fourth-order valence-electron chi connectivity index (χ4n) is 2.86. The summed E-state index contributed by atoms with van der Waals surface area (Å²) in [4.78, 5) is 15.9. The van der Waals surface area contributed by atoms with Crippen molar-refractivity contribution in [2.24, 2.45) is 0 Å². The Hall–Kier alpha value is -0.910.